The fourth-order valence-electron chi connectivity index (χ4n) is 11.5. The average Bonchev–Trinajstić information content (AvgIpc) is 3.38. The number of phenolic OH excluding ortho intramolecular Hbond substituents is 2. The Labute approximate surface area is 427 Å². The van der Waals surface area contributed by atoms with Gasteiger partial charge >= 0.3 is 0 Å². The molecular formula is C57H60Cl2F4N4O5. The van der Waals surface area contributed by atoms with E-state index in [9.17, 15) is 10.2 Å². The third-order valence-electron chi connectivity index (χ3n) is 15.2. The number of hydrogen-bond donors (Lipinski definition) is 6. The molecule has 0 amide bonds. The molecule has 2 aliphatic heterocycles. The number of carbonyl (C=O) groups is 3. The molecule has 4 aromatic carbocycles. The number of phenols is 2. The third kappa shape index (κ3) is 9.19. The molecule has 2 fully saturated rings. The van der Waals surface area contributed by atoms with Gasteiger partial charge in [-0.3, -0.25) is 14.4 Å². The van der Waals surface area contributed by atoms with Crippen molar-refractivity contribution in [2.75, 3.05) is 53.4 Å². The Bertz CT molecular complexity index is 2730. The lowest BCUT2D eigenvalue weighted by Crippen LogP contribution is -2.59. The van der Waals surface area contributed by atoms with Gasteiger partial charge in [-0.05, 0) is 185 Å². The minimum Gasteiger partial charge on any atom is -0.508 e. The van der Waals surface area contributed by atoms with Crippen LogP contribution in [-0.2, 0) is 4.79 Å². The van der Waals surface area contributed by atoms with Crippen LogP contribution in [-0.4, -0.2) is 93.3 Å². The molecular weight excluding hydrogens is 968 g/mol. The van der Waals surface area contributed by atoms with E-state index in [1.807, 2.05) is 0 Å². The van der Waals surface area contributed by atoms with Gasteiger partial charge in [-0.1, -0.05) is 71.7 Å². The molecule has 9 nitrogen and oxygen atoms in total. The molecule has 2 heterocycles. The summed E-state index contributed by atoms with van der Waals surface area (Å²) in [5.41, 5.74) is -5.77. The van der Waals surface area contributed by atoms with Crippen LogP contribution in [0.3, 0.4) is 0 Å². The molecule has 0 bridgehead atoms. The molecule has 6 atom stereocenters. The quantitative estimate of drug-likeness (QED) is 0.0478. The van der Waals surface area contributed by atoms with Crippen LogP contribution in [0, 0.1) is 48.1 Å². The first-order valence-electron chi connectivity index (χ1n) is 24.6. The first-order valence-corrected chi connectivity index (χ1v) is 25.3. The number of Topliss-reactive ketones (excluding diaryl/α,β-unsaturated/α-hetero) is 3. The Morgan fingerprint density at radius 3 is 1.38 bits per heavy atom. The highest BCUT2D eigenvalue weighted by atomic mass is 35.5. The van der Waals surface area contributed by atoms with Crippen molar-refractivity contribution in [2.45, 2.75) is 64.7 Å². The number of benzene rings is 4. The number of ketones is 3. The number of rotatable bonds is 16. The van der Waals surface area contributed by atoms with Crippen molar-refractivity contribution in [1.82, 2.24) is 21.3 Å². The minimum atomic E-state index is -2.68. The lowest BCUT2D eigenvalue weighted by molar-refractivity contribution is -0.140. The maximum Gasteiger partial charge on any atom is 0.192 e. The highest BCUT2D eigenvalue weighted by molar-refractivity contribution is 6.38. The van der Waals surface area contributed by atoms with Crippen molar-refractivity contribution < 1.29 is 42.2 Å². The van der Waals surface area contributed by atoms with Gasteiger partial charge in [0.2, 0.25) is 0 Å². The van der Waals surface area contributed by atoms with Gasteiger partial charge in [0.25, 0.3) is 0 Å². The number of halogens is 6. The standard InChI is InChI=1S/C57H60Cl2F4N4O5/c1-31-39(17-7-19-41(31)60)45-43(35-13-9-23-66-29-35)51(58)56(21-25-64-3,53(62)47(45)49(70)33-11-5-15-37(68)27-33)55(72)57(22-26-65-4)52(59)44(36-14-10-24-67-30-36)46(40-18-8-20-42(61)32(40)2)48(54(57)63)50(71)34-12-6-16-38(69)28-34/h5-8,11-12,15-20,27-28,35-36,53-54,64-69H,9-10,13-14,21-26,29-30H2,1-4H3/t35?,36?,53-,54-,56-,57-/m0/s1. The van der Waals surface area contributed by atoms with E-state index < -0.39 is 88.0 Å². The summed E-state index contributed by atoms with van der Waals surface area (Å²) < 4.78 is 71.2. The van der Waals surface area contributed by atoms with Crippen LogP contribution in [0.1, 0.15) is 81.5 Å². The predicted molar refractivity (Wildman–Crippen MR) is 275 cm³/mol. The molecule has 2 aliphatic carbocycles. The van der Waals surface area contributed by atoms with Gasteiger partial charge in [-0.2, -0.15) is 0 Å². The lowest BCUT2D eigenvalue weighted by Gasteiger charge is -2.51. The normalized spacial score (nSPS) is 25.0. The molecule has 8 rings (SSSR count). The summed E-state index contributed by atoms with van der Waals surface area (Å²) in [6, 6.07) is 19.2. The summed E-state index contributed by atoms with van der Waals surface area (Å²) in [6.45, 7) is 4.58. The molecule has 4 aromatic rings. The topological polar surface area (TPSA) is 140 Å². The van der Waals surface area contributed by atoms with E-state index in [-0.39, 0.29) is 103 Å². The largest absolute Gasteiger partial charge is 0.508 e. The number of allylic oxidation sites excluding steroid dienone is 6. The fraction of sp³-hybridized carbons (Fsp3) is 0.386. The average molecular weight is 1030 g/mol. The van der Waals surface area contributed by atoms with Crippen LogP contribution in [0.5, 0.6) is 11.5 Å². The van der Waals surface area contributed by atoms with E-state index in [1.165, 1.54) is 86.6 Å². The zero-order valence-electron chi connectivity index (χ0n) is 40.8. The molecule has 0 radical (unpaired) electrons. The molecule has 4 aliphatic rings. The maximum absolute atomic E-state index is 19.7. The van der Waals surface area contributed by atoms with E-state index in [1.54, 1.807) is 26.2 Å². The molecule has 0 aromatic heterocycles. The van der Waals surface area contributed by atoms with Gasteiger partial charge < -0.3 is 31.5 Å². The number of alkyl halides is 2. The predicted octanol–water partition coefficient (Wildman–Crippen LogP) is 10.4. The Morgan fingerprint density at radius 2 is 1.03 bits per heavy atom. The van der Waals surface area contributed by atoms with Gasteiger partial charge in [0.1, 0.15) is 46.3 Å². The highest BCUT2D eigenvalue weighted by Gasteiger charge is 2.66. The Kier molecular flexibility index (Phi) is 16.1. The third-order valence-corrected chi connectivity index (χ3v) is 16.3. The summed E-state index contributed by atoms with van der Waals surface area (Å²) >= 11 is 15.9. The SMILES string of the molecule is CNCC[C@]1(C(=O)[C@@]2(CCNC)C(Cl)=C(C3CCCNC3)C(c3cccc(F)c3C)=C(C(=O)c3cccc(O)c3)[C@@H]2F)C(Cl)=C(C2CCCNC2)C(c2cccc(F)c2C)=C(C(=O)c2cccc(O)c2)[C@@H]1F. The van der Waals surface area contributed by atoms with Gasteiger partial charge in [-0.15, -0.1) is 0 Å². The second-order valence-electron chi connectivity index (χ2n) is 19.4. The second-order valence-corrected chi connectivity index (χ2v) is 20.2. The second kappa shape index (κ2) is 22.0. The number of nitrogens with one attached hydrogen (secondary N) is 4. The molecule has 15 heteroatoms. The lowest BCUT2D eigenvalue weighted by atomic mass is 9.54. The first-order chi connectivity index (χ1) is 34.6. The highest BCUT2D eigenvalue weighted by Crippen LogP contribution is 2.63. The number of piperidine rings is 2. The van der Waals surface area contributed by atoms with Crippen LogP contribution < -0.4 is 21.3 Å². The molecule has 2 saturated heterocycles. The monoisotopic (exact) mass is 1030 g/mol. The Morgan fingerprint density at radius 1 is 0.639 bits per heavy atom. The zero-order valence-corrected chi connectivity index (χ0v) is 42.3. The van der Waals surface area contributed by atoms with Crippen molar-refractivity contribution >= 4 is 51.7 Å². The van der Waals surface area contributed by atoms with Gasteiger partial charge in [-0.25, -0.2) is 17.6 Å². The van der Waals surface area contributed by atoms with Crippen LogP contribution >= 0.6 is 23.2 Å². The fourth-order valence-corrected chi connectivity index (χ4v) is 12.5. The van der Waals surface area contributed by atoms with E-state index in [0.29, 0.717) is 38.8 Å². The summed E-state index contributed by atoms with van der Waals surface area (Å²) in [4.78, 5) is 48.3. The Balaban J connectivity index is 1.53. The summed E-state index contributed by atoms with van der Waals surface area (Å²) in [6.07, 6.45) is -4.13. The zero-order chi connectivity index (χ0) is 51.6. The van der Waals surface area contributed by atoms with Crippen LogP contribution in [0.15, 0.2) is 117 Å². The molecule has 0 spiro atoms. The molecule has 0 saturated carbocycles. The first kappa shape index (κ1) is 52.9. The van der Waals surface area contributed by atoms with Gasteiger partial charge in [0.15, 0.2) is 17.3 Å². The number of aromatic hydroxyl groups is 2. The van der Waals surface area contributed by atoms with Crippen molar-refractivity contribution in [1.29, 1.82) is 0 Å². The van der Waals surface area contributed by atoms with E-state index in [0.717, 1.165) is 0 Å². The summed E-state index contributed by atoms with van der Waals surface area (Å²) in [7, 11) is 3.18. The molecule has 72 heavy (non-hydrogen) atoms. The van der Waals surface area contributed by atoms with E-state index in [2.05, 4.69) is 21.3 Å². The van der Waals surface area contributed by atoms with Gasteiger partial charge in [0.05, 0.1) is 0 Å². The molecule has 6 N–H and O–H groups in total. The van der Waals surface area contributed by atoms with Crippen molar-refractivity contribution in [2.24, 2.45) is 22.7 Å². The van der Waals surface area contributed by atoms with Crippen molar-refractivity contribution in [3.8, 4) is 11.5 Å². The van der Waals surface area contributed by atoms with Gasteiger partial charge in [0, 0.05) is 45.4 Å². The summed E-state index contributed by atoms with van der Waals surface area (Å²) in [5.74, 6) is -6.04. The number of hydrogen-bond acceptors (Lipinski definition) is 9. The van der Waals surface area contributed by atoms with Crippen molar-refractivity contribution in [3.05, 3.63) is 162 Å². The Hall–Kier alpha value is -5.41. The van der Waals surface area contributed by atoms with Crippen LogP contribution in [0.25, 0.3) is 11.1 Å². The number of carbonyl (C=O) groups excluding carboxylic acids is 3. The van der Waals surface area contributed by atoms with Crippen molar-refractivity contribution in [3.63, 3.8) is 0 Å². The smallest absolute Gasteiger partial charge is 0.192 e. The summed E-state index contributed by atoms with van der Waals surface area (Å²) in [5, 5.41) is 33.6. The van der Waals surface area contributed by atoms with Crippen LogP contribution in [0.2, 0.25) is 0 Å². The maximum atomic E-state index is 19.7. The van der Waals surface area contributed by atoms with E-state index in [4.69, 9.17) is 23.2 Å². The molecule has 2 unspecified atom stereocenters. The minimum absolute atomic E-state index is 0.0109. The van der Waals surface area contributed by atoms with Crippen LogP contribution in [0.4, 0.5) is 17.6 Å². The van der Waals surface area contributed by atoms with E-state index >= 15 is 31.9 Å². The molecule has 380 valence electrons.